The lowest BCUT2D eigenvalue weighted by molar-refractivity contribution is -0.127. The molecule has 1 aromatic carbocycles. The number of rotatable bonds is 4. The second kappa shape index (κ2) is 5.89. The van der Waals surface area contributed by atoms with Crippen molar-refractivity contribution in [1.29, 1.82) is 0 Å². The number of piperidine rings is 1. The van der Waals surface area contributed by atoms with Gasteiger partial charge in [0.2, 0.25) is 11.8 Å². The summed E-state index contributed by atoms with van der Waals surface area (Å²) in [6.45, 7) is 0. The van der Waals surface area contributed by atoms with Gasteiger partial charge in [0.1, 0.15) is 11.5 Å². The van der Waals surface area contributed by atoms with Crippen molar-refractivity contribution in [1.82, 2.24) is 15.8 Å². The molecule has 0 spiro atoms. The van der Waals surface area contributed by atoms with Gasteiger partial charge in [-0.1, -0.05) is 5.16 Å². The minimum Gasteiger partial charge on any atom is -0.356 e. The molecule has 126 valence electrons. The second-order valence-electron chi connectivity index (χ2n) is 6.59. The van der Waals surface area contributed by atoms with E-state index in [4.69, 9.17) is 4.52 Å². The quantitative estimate of drug-likeness (QED) is 0.893. The molecule has 2 heterocycles. The minimum absolute atomic E-state index is 0.0155. The van der Waals surface area contributed by atoms with E-state index in [0.29, 0.717) is 35.4 Å². The highest BCUT2D eigenvalue weighted by Gasteiger charge is 2.40. The highest BCUT2D eigenvalue weighted by molar-refractivity contribution is 5.86. The number of hydrogen-bond acceptors (Lipinski definition) is 4. The molecule has 2 aliphatic rings. The van der Waals surface area contributed by atoms with Crippen LogP contribution in [0.5, 0.6) is 0 Å². The van der Waals surface area contributed by atoms with E-state index in [1.807, 2.05) is 0 Å². The lowest BCUT2D eigenvalue weighted by atomic mass is 9.94. The zero-order chi connectivity index (χ0) is 16.7. The van der Waals surface area contributed by atoms with Gasteiger partial charge in [-0.05, 0) is 43.4 Å². The Morgan fingerprint density at radius 2 is 2.21 bits per heavy atom. The third kappa shape index (κ3) is 2.98. The second-order valence-corrected chi connectivity index (χ2v) is 6.59. The Bertz CT molecular complexity index is 799. The summed E-state index contributed by atoms with van der Waals surface area (Å²) < 4.78 is 18.5. The number of carbonyl (C=O) groups excluding carboxylic acids is 2. The molecule has 0 bridgehead atoms. The van der Waals surface area contributed by atoms with Crippen LogP contribution in [0.4, 0.5) is 4.39 Å². The molecule has 2 aromatic rings. The van der Waals surface area contributed by atoms with Gasteiger partial charge in [0.05, 0.1) is 12.5 Å². The summed E-state index contributed by atoms with van der Waals surface area (Å²) in [7, 11) is 0. The van der Waals surface area contributed by atoms with Crippen molar-refractivity contribution in [2.24, 2.45) is 5.92 Å². The average Bonchev–Trinajstić information content (AvgIpc) is 3.33. The lowest BCUT2D eigenvalue weighted by Gasteiger charge is -2.33. The topological polar surface area (TPSA) is 84.2 Å². The van der Waals surface area contributed by atoms with Crippen molar-refractivity contribution in [3.05, 3.63) is 29.7 Å². The maximum atomic E-state index is 13.4. The molecule has 1 saturated carbocycles. The molecule has 24 heavy (non-hydrogen) atoms. The van der Waals surface area contributed by atoms with E-state index in [1.165, 1.54) is 18.2 Å². The summed E-state index contributed by atoms with van der Waals surface area (Å²) in [5.74, 6) is -0.0747. The predicted molar refractivity (Wildman–Crippen MR) is 83.5 cm³/mol. The maximum Gasteiger partial charge on any atom is 0.226 e. The maximum absolute atomic E-state index is 13.4. The molecule has 2 fully saturated rings. The number of carbonyl (C=O) groups is 2. The fraction of sp³-hybridized carbons (Fsp3) is 0.471. The fourth-order valence-electron chi connectivity index (χ4n) is 3.39. The van der Waals surface area contributed by atoms with Crippen LogP contribution in [0.3, 0.4) is 0 Å². The number of benzene rings is 1. The van der Waals surface area contributed by atoms with Crippen molar-refractivity contribution in [3.63, 3.8) is 0 Å². The Hall–Kier alpha value is -2.44. The van der Waals surface area contributed by atoms with Crippen molar-refractivity contribution < 1.29 is 18.5 Å². The van der Waals surface area contributed by atoms with Crippen LogP contribution in [0.25, 0.3) is 11.0 Å². The average molecular weight is 331 g/mol. The third-order valence-corrected chi connectivity index (χ3v) is 4.75. The van der Waals surface area contributed by atoms with Crippen molar-refractivity contribution in [2.75, 3.05) is 0 Å². The van der Waals surface area contributed by atoms with E-state index in [-0.39, 0.29) is 30.3 Å². The number of aromatic nitrogens is 1. The predicted octanol–water partition coefficient (Wildman–Crippen LogP) is 1.68. The van der Waals surface area contributed by atoms with Crippen LogP contribution in [-0.4, -0.2) is 29.1 Å². The Morgan fingerprint density at radius 3 is 3.00 bits per heavy atom. The van der Waals surface area contributed by atoms with Gasteiger partial charge in [-0.3, -0.25) is 9.59 Å². The lowest BCUT2D eigenvalue weighted by Crippen LogP contribution is -2.56. The molecule has 7 heteroatoms. The summed E-state index contributed by atoms with van der Waals surface area (Å²) in [5.41, 5.74) is 0.879. The largest absolute Gasteiger partial charge is 0.356 e. The summed E-state index contributed by atoms with van der Waals surface area (Å²) in [6, 6.07) is 4.07. The van der Waals surface area contributed by atoms with E-state index >= 15 is 0 Å². The van der Waals surface area contributed by atoms with E-state index in [1.54, 1.807) is 0 Å². The van der Waals surface area contributed by atoms with Crippen LogP contribution in [0.2, 0.25) is 0 Å². The highest BCUT2D eigenvalue weighted by Crippen LogP contribution is 2.36. The van der Waals surface area contributed by atoms with Crippen LogP contribution in [0.1, 0.15) is 31.4 Å². The molecule has 2 N–H and O–H groups in total. The summed E-state index contributed by atoms with van der Waals surface area (Å²) in [4.78, 5) is 24.0. The van der Waals surface area contributed by atoms with Gasteiger partial charge in [-0.25, -0.2) is 4.39 Å². The number of hydrogen-bond donors (Lipinski definition) is 2. The molecule has 1 saturated heterocycles. The van der Waals surface area contributed by atoms with Crippen LogP contribution >= 0.6 is 0 Å². The first kappa shape index (κ1) is 15.1. The molecule has 4 rings (SSSR count). The molecule has 2 atom stereocenters. The molecule has 1 aromatic heterocycles. The number of halogens is 1. The Labute approximate surface area is 137 Å². The number of fused-ring (bicyclic) bond motifs is 1. The van der Waals surface area contributed by atoms with E-state index in [9.17, 15) is 14.0 Å². The third-order valence-electron chi connectivity index (χ3n) is 4.75. The van der Waals surface area contributed by atoms with Crippen LogP contribution in [0.15, 0.2) is 22.7 Å². The zero-order valence-electron chi connectivity index (χ0n) is 13.0. The van der Waals surface area contributed by atoms with E-state index < -0.39 is 5.82 Å². The monoisotopic (exact) mass is 331 g/mol. The van der Waals surface area contributed by atoms with Gasteiger partial charge in [-0.15, -0.1) is 0 Å². The Balaban J connectivity index is 1.45. The Kier molecular flexibility index (Phi) is 3.70. The molecule has 6 nitrogen and oxygen atoms in total. The molecular weight excluding hydrogens is 313 g/mol. The van der Waals surface area contributed by atoms with Crippen LogP contribution in [0, 0.1) is 11.7 Å². The van der Waals surface area contributed by atoms with Gasteiger partial charge >= 0.3 is 0 Å². The van der Waals surface area contributed by atoms with Crippen molar-refractivity contribution in [2.45, 2.75) is 44.2 Å². The van der Waals surface area contributed by atoms with Gasteiger partial charge < -0.3 is 15.2 Å². The zero-order valence-corrected chi connectivity index (χ0v) is 13.0. The van der Waals surface area contributed by atoms with Crippen molar-refractivity contribution in [3.8, 4) is 0 Å². The molecular formula is C17H18FN3O3. The van der Waals surface area contributed by atoms with Crippen LogP contribution in [-0.2, 0) is 16.0 Å². The van der Waals surface area contributed by atoms with Gasteiger partial charge in [0.25, 0.3) is 0 Å². The molecule has 0 unspecified atom stereocenters. The highest BCUT2D eigenvalue weighted by atomic mass is 19.1. The van der Waals surface area contributed by atoms with Gasteiger partial charge in [0, 0.05) is 17.8 Å². The smallest absolute Gasteiger partial charge is 0.226 e. The molecule has 1 aliphatic carbocycles. The van der Waals surface area contributed by atoms with E-state index in [2.05, 4.69) is 15.8 Å². The standard InChI is InChI=1S/C17H18FN3O3/c18-10-3-5-14-11(7-10)13(21-24-14)8-16(23)19-12-4-6-15(22)20-17(12)9-1-2-9/h3,5,7,9,12,17H,1-2,4,6,8H2,(H,19,23)(H,20,22)/t12-,17+/m1/s1. The number of nitrogens with one attached hydrogen (secondary N) is 2. The van der Waals surface area contributed by atoms with E-state index in [0.717, 1.165) is 12.8 Å². The SMILES string of the molecule is O=C(Cc1noc2ccc(F)cc12)N[C@@H]1CCC(=O)N[C@H]1C1CC1. The Morgan fingerprint density at radius 1 is 1.38 bits per heavy atom. The molecule has 1 aliphatic heterocycles. The molecule has 2 amide bonds. The van der Waals surface area contributed by atoms with Gasteiger partial charge in [0.15, 0.2) is 5.58 Å². The van der Waals surface area contributed by atoms with Gasteiger partial charge in [-0.2, -0.15) is 0 Å². The normalized spacial score (nSPS) is 24.0. The summed E-state index contributed by atoms with van der Waals surface area (Å²) >= 11 is 0. The molecule has 0 radical (unpaired) electrons. The van der Waals surface area contributed by atoms with Crippen molar-refractivity contribution >= 4 is 22.8 Å². The number of nitrogens with zero attached hydrogens (tertiary/aromatic N) is 1. The fourth-order valence-corrected chi connectivity index (χ4v) is 3.39. The minimum atomic E-state index is -0.392. The first-order chi connectivity index (χ1) is 11.6. The first-order valence-corrected chi connectivity index (χ1v) is 8.22. The first-order valence-electron chi connectivity index (χ1n) is 8.22. The van der Waals surface area contributed by atoms with Crippen LogP contribution < -0.4 is 10.6 Å². The number of amides is 2. The summed E-state index contributed by atoms with van der Waals surface area (Å²) in [5, 5.41) is 10.4. The summed E-state index contributed by atoms with van der Waals surface area (Å²) in [6.07, 6.45) is 3.27.